The van der Waals surface area contributed by atoms with E-state index in [9.17, 15) is 4.79 Å². The molecule has 0 fully saturated rings. The van der Waals surface area contributed by atoms with Crippen LogP contribution in [0.25, 0.3) is 0 Å². The molecule has 0 rings (SSSR count). The number of hydrogen-bond acceptors (Lipinski definition) is 4. The van der Waals surface area contributed by atoms with Crippen LogP contribution >= 0.6 is 0 Å². The summed E-state index contributed by atoms with van der Waals surface area (Å²) in [5, 5.41) is 3.25. The Hall–Kier alpha value is -0.610. The summed E-state index contributed by atoms with van der Waals surface area (Å²) >= 11 is 0. The second-order valence-electron chi connectivity index (χ2n) is 4.03. The Morgan fingerprint density at radius 2 is 2.00 bits per heavy atom. The molecular weight excluding hydrogens is 182 g/mol. The van der Waals surface area contributed by atoms with E-state index in [-0.39, 0.29) is 18.1 Å². The molecule has 0 saturated carbocycles. The number of nitrogens with one attached hydrogen (secondary N) is 1. The number of rotatable bonds is 6. The minimum Gasteiger partial charge on any atom is -0.464 e. The fourth-order valence-corrected chi connectivity index (χ4v) is 0.856. The molecule has 0 heterocycles. The van der Waals surface area contributed by atoms with Gasteiger partial charge in [0, 0.05) is 12.1 Å². The van der Waals surface area contributed by atoms with Gasteiger partial charge in [0.1, 0.15) is 6.61 Å². The van der Waals surface area contributed by atoms with Gasteiger partial charge in [-0.25, -0.2) is 4.79 Å². The molecule has 0 atom stereocenters. The highest BCUT2D eigenvalue weighted by Gasteiger charge is 2.07. The second-order valence-corrected chi connectivity index (χ2v) is 4.03. The SMILES string of the molecule is CCOC(=O)COCCNC(C)(C)C. The third kappa shape index (κ3) is 9.48. The molecule has 0 bridgehead atoms. The van der Waals surface area contributed by atoms with E-state index in [1.807, 2.05) is 0 Å². The van der Waals surface area contributed by atoms with Crippen molar-refractivity contribution in [3.05, 3.63) is 0 Å². The molecule has 0 amide bonds. The summed E-state index contributed by atoms with van der Waals surface area (Å²) in [6.07, 6.45) is 0. The third-order valence-electron chi connectivity index (χ3n) is 1.43. The highest BCUT2D eigenvalue weighted by molar-refractivity contribution is 5.70. The lowest BCUT2D eigenvalue weighted by molar-refractivity contribution is -0.148. The monoisotopic (exact) mass is 203 g/mol. The molecule has 0 aliphatic heterocycles. The Kier molecular flexibility index (Phi) is 6.49. The summed E-state index contributed by atoms with van der Waals surface area (Å²) in [4.78, 5) is 10.8. The summed E-state index contributed by atoms with van der Waals surface area (Å²) in [5.41, 5.74) is 0.0906. The van der Waals surface area contributed by atoms with Crippen molar-refractivity contribution in [2.45, 2.75) is 33.2 Å². The van der Waals surface area contributed by atoms with Crippen LogP contribution in [0.5, 0.6) is 0 Å². The molecule has 1 N–H and O–H groups in total. The molecule has 0 radical (unpaired) electrons. The first kappa shape index (κ1) is 13.4. The predicted octanol–water partition coefficient (Wildman–Crippen LogP) is 0.954. The van der Waals surface area contributed by atoms with Crippen molar-refractivity contribution in [3.8, 4) is 0 Å². The Balaban J connectivity index is 3.26. The summed E-state index contributed by atoms with van der Waals surface area (Å²) in [5.74, 6) is -0.303. The van der Waals surface area contributed by atoms with Crippen LogP contribution in [0.4, 0.5) is 0 Å². The first-order valence-electron chi connectivity index (χ1n) is 4.94. The zero-order valence-corrected chi connectivity index (χ0v) is 9.55. The third-order valence-corrected chi connectivity index (χ3v) is 1.43. The van der Waals surface area contributed by atoms with Crippen molar-refractivity contribution in [2.24, 2.45) is 0 Å². The van der Waals surface area contributed by atoms with Crippen molar-refractivity contribution >= 4 is 5.97 Å². The van der Waals surface area contributed by atoms with Crippen molar-refractivity contribution in [1.29, 1.82) is 0 Å². The van der Waals surface area contributed by atoms with Gasteiger partial charge in [-0.1, -0.05) is 0 Å². The fourth-order valence-electron chi connectivity index (χ4n) is 0.856. The molecule has 84 valence electrons. The Labute approximate surface area is 86.0 Å². The highest BCUT2D eigenvalue weighted by atomic mass is 16.6. The average molecular weight is 203 g/mol. The van der Waals surface area contributed by atoms with E-state index in [4.69, 9.17) is 9.47 Å². The Morgan fingerprint density at radius 1 is 1.36 bits per heavy atom. The standard InChI is InChI=1S/C10H21NO3/c1-5-14-9(12)8-13-7-6-11-10(2,3)4/h11H,5-8H2,1-4H3. The minimum absolute atomic E-state index is 0.0413. The molecule has 0 aromatic rings. The van der Waals surface area contributed by atoms with E-state index >= 15 is 0 Å². The van der Waals surface area contributed by atoms with Gasteiger partial charge >= 0.3 is 5.97 Å². The normalized spacial score (nSPS) is 11.4. The quantitative estimate of drug-likeness (QED) is 0.516. The highest BCUT2D eigenvalue weighted by Crippen LogP contribution is 1.96. The molecule has 0 aliphatic rings. The molecule has 14 heavy (non-hydrogen) atoms. The second kappa shape index (κ2) is 6.79. The molecule has 0 spiro atoms. The van der Waals surface area contributed by atoms with Crippen LogP contribution in [0, 0.1) is 0 Å². The van der Waals surface area contributed by atoms with Gasteiger partial charge in [-0.2, -0.15) is 0 Å². The summed E-state index contributed by atoms with van der Waals surface area (Å²) in [7, 11) is 0. The maximum absolute atomic E-state index is 10.8. The molecule has 0 saturated heterocycles. The van der Waals surface area contributed by atoms with Crippen LogP contribution in [0.15, 0.2) is 0 Å². The maximum atomic E-state index is 10.8. The molecule has 4 heteroatoms. The van der Waals surface area contributed by atoms with E-state index in [2.05, 4.69) is 26.1 Å². The lowest BCUT2D eigenvalue weighted by Gasteiger charge is -2.20. The van der Waals surface area contributed by atoms with Crippen molar-refractivity contribution in [1.82, 2.24) is 5.32 Å². The van der Waals surface area contributed by atoms with Crippen LogP contribution in [0.1, 0.15) is 27.7 Å². The molecule has 0 aliphatic carbocycles. The Bertz CT molecular complexity index is 163. The van der Waals surface area contributed by atoms with Crippen molar-refractivity contribution in [3.63, 3.8) is 0 Å². The van der Waals surface area contributed by atoms with Crippen LogP contribution in [-0.4, -0.2) is 37.9 Å². The molecular formula is C10H21NO3. The van der Waals surface area contributed by atoms with Crippen molar-refractivity contribution in [2.75, 3.05) is 26.4 Å². The van der Waals surface area contributed by atoms with Gasteiger partial charge in [0.2, 0.25) is 0 Å². The van der Waals surface area contributed by atoms with E-state index in [1.165, 1.54) is 0 Å². The number of hydrogen-bond donors (Lipinski definition) is 1. The molecule has 0 aromatic carbocycles. The van der Waals surface area contributed by atoms with E-state index < -0.39 is 0 Å². The van der Waals surface area contributed by atoms with Gasteiger partial charge in [0.25, 0.3) is 0 Å². The lowest BCUT2D eigenvalue weighted by Crippen LogP contribution is -2.38. The van der Waals surface area contributed by atoms with Crippen LogP contribution in [0.3, 0.4) is 0 Å². The zero-order valence-electron chi connectivity index (χ0n) is 9.55. The lowest BCUT2D eigenvalue weighted by atomic mass is 10.1. The van der Waals surface area contributed by atoms with Gasteiger partial charge in [0.05, 0.1) is 13.2 Å². The fraction of sp³-hybridized carbons (Fsp3) is 0.900. The Morgan fingerprint density at radius 3 is 2.50 bits per heavy atom. The summed E-state index contributed by atoms with van der Waals surface area (Å²) in [6, 6.07) is 0. The van der Waals surface area contributed by atoms with Crippen LogP contribution < -0.4 is 5.32 Å². The van der Waals surface area contributed by atoms with E-state index in [0.29, 0.717) is 13.2 Å². The number of ether oxygens (including phenoxy) is 2. The van der Waals surface area contributed by atoms with Gasteiger partial charge in [-0.15, -0.1) is 0 Å². The summed E-state index contributed by atoms with van der Waals surface area (Å²) in [6.45, 7) is 9.73. The zero-order chi connectivity index (χ0) is 11.0. The summed E-state index contributed by atoms with van der Waals surface area (Å²) < 4.78 is 9.81. The topological polar surface area (TPSA) is 47.6 Å². The number of carbonyl (C=O) groups is 1. The number of esters is 1. The maximum Gasteiger partial charge on any atom is 0.332 e. The van der Waals surface area contributed by atoms with Gasteiger partial charge < -0.3 is 14.8 Å². The first-order valence-corrected chi connectivity index (χ1v) is 4.94. The first-order chi connectivity index (χ1) is 6.45. The number of carbonyl (C=O) groups excluding carboxylic acids is 1. The smallest absolute Gasteiger partial charge is 0.332 e. The van der Waals surface area contributed by atoms with Gasteiger partial charge in [-0.05, 0) is 27.7 Å². The van der Waals surface area contributed by atoms with Gasteiger partial charge in [0.15, 0.2) is 0 Å². The molecule has 4 nitrogen and oxygen atoms in total. The minimum atomic E-state index is -0.303. The van der Waals surface area contributed by atoms with Crippen molar-refractivity contribution < 1.29 is 14.3 Å². The van der Waals surface area contributed by atoms with E-state index in [1.54, 1.807) is 6.92 Å². The van der Waals surface area contributed by atoms with E-state index in [0.717, 1.165) is 6.54 Å². The molecule has 0 aromatic heterocycles. The largest absolute Gasteiger partial charge is 0.464 e. The average Bonchev–Trinajstić information content (AvgIpc) is 2.02. The van der Waals surface area contributed by atoms with Crippen LogP contribution in [0.2, 0.25) is 0 Å². The molecule has 0 unspecified atom stereocenters. The van der Waals surface area contributed by atoms with Gasteiger partial charge in [-0.3, -0.25) is 0 Å². The predicted molar refractivity (Wildman–Crippen MR) is 55.2 cm³/mol. The van der Waals surface area contributed by atoms with Crippen LogP contribution in [-0.2, 0) is 14.3 Å².